The van der Waals surface area contributed by atoms with Gasteiger partial charge in [0, 0.05) is 5.22 Å². The molecule has 0 saturated heterocycles. The molecule has 1 aliphatic carbocycles. The second-order valence-electron chi connectivity index (χ2n) is 2.58. The maximum absolute atomic E-state index is 5.09. The van der Waals surface area contributed by atoms with Crippen LogP contribution in [0.3, 0.4) is 0 Å². The minimum Gasteiger partial charge on any atom is -0.356 e. The second-order valence-corrected chi connectivity index (χ2v) is 2.58. The van der Waals surface area contributed by atoms with Crippen LogP contribution in [0.2, 0.25) is 0 Å². The molecular formula is C11H15NO. The highest BCUT2D eigenvalue weighted by atomic mass is 16.5. The van der Waals surface area contributed by atoms with E-state index in [1.165, 1.54) is 0 Å². The van der Waals surface area contributed by atoms with Crippen molar-refractivity contribution < 1.29 is 4.52 Å². The van der Waals surface area contributed by atoms with Gasteiger partial charge in [0.2, 0.25) is 0 Å². The molecule has 0 fully saturated rings. The molecule has 13 heavy (non-hydrogen) atoms. The quantitative estimate of drug-likeness (QED) is 0.600. The van der Waals surface area contributed by atoms with Crippen molar-refractivity contribution in [3.8, 4) is 0 Å². The third-order valence-electron chi connectivity index (χ3n) is 1.77. The topological polar surface area (TPSA) is 26.0 Å². The van der Waals surface area contributed by atoms with Gasteiger partial charge in [0.05, 0.1) is 5.69 Å². The minimum atomic E-state index is 0.896. The Balaban J connectivity index is 0.000000396. The third kappa shape index (κ3) is 2.08. The molecular weight excluding hydrogens is 162 g/mol. The van der Waals surface area contributed by atoms with E-state index < -0.39 is 0 Å². The Morgan fingerprint density at radius 3 is 2.92 bits per heavy atom. The van der Waals surface area contributed by atoms with Crippen molar-refractivity contribution in [1.29, 1.82) is 0 Å². The Morgan fingerprint density at radius 2 is 2.15 bits per heavy atom. The average molecular weight is 177 g/mol. The molecule has 0 radical (unpaired) electrons. The predicted molar refractivity (Wildman–Crippen MR) is 54.5 cm³/mol. The predicted octanol–water partition coefficient (Wildman–Crippen LogP) is 1.53. The van der Waals surface area contributed by atoms with Crippen LogP contribution >= 0.6 is 0 Å². The van der Waals surface area contributed by atoms with Gasteiger partial charge >= 0.3 is 0 Å². The molecule has 0 spiro atoms. The van der Waals surface area contributed by atoms with Gasteiger partial charge in [0.1, 0.15) is 0 Å². The first-order valence-electron chi connectivity index (χ1n) is 4.67. The van der Waals surface area contributed by atoms with Gasteiger partial charge < -0.3 is 4.52 Å². The number of aromatic nitrogens is 1. The van der Waals surface area contributed by atoms with E-state index in [0.29, 0.717) is 0 Å². The van der Waals surface area contributed by atoms with E-state index in [2.05, 4.69) is 11.2 Å². The monoisotopic (exact) mass is 177 g/mol. The largest absolute Gasteiger partial charge is 0.356 e. The van der Waals surface area contributed by atoms with Crippen LogP contribution in [0.25, 0.3) is 12.2 Å². The van der Waals surface area contributed by atoms with Gasteiger partial charge in [-0.1, -0.05) is 31.2 Å². The summed E-state index contributed by atoms with van der Waals surface area (Å²) in [6, 6.07) is 0. The number of fused-ring (bicyclic) bond motifs is 1. The molecule has 1 heterocycles. The van der Waals surface area contributed by atoms with Crippen molar-refractivity contribution in [2.24, 2.45) is 0 Å². The van der Waals surface area contributed by atoms with Crippen molar-refractivity contribution in [3.63, 3.8) is 0 Å². The lowest BCUT2D eigenvalue weighted by molar-refractivity contribution is 0.389. The molecule has 0 aromatic carbocycles. The summed E-state index contributed by atoms with van der Waals surface area (Å²) >= 11 is 0. The number of hydrogen-bond donors (Lipinski definition) is 0. The maximum atomic E-state index is 5.09. The first-order chi connectivity index (χ1) is 6.38. The fraction of sp³-hybridized carbons (Fsp3) is 0.364. The zero-order valence-corrected chi connectivity index (χ0v) is 8.37. The normalized spacial score (nSPS) is 12.8. The summed E-state index contributed by atoms with van der Waals surface area (Å²) < 4.78 is 5.09. The Bertz CT molecular complexity index is 398. The summed E-state index contributed by atoms with van der Waals surface area (Å²) in [4.78, 5) is 0. The summed E-state index contributed by atoms with van der Waals surface area (Å²) in [6.07, 6.45) is 9.12. The highest BCUT2D eigenvalue weighted by Gasteiger charge is 1.97. The number of aryl methyl sites for hydroxylation is 1. The van der Waals surface area contributed by atoms with Gasteiger partial charge in [-0.15, -0.1) is 0 Å². The number of nitrogens with zero attached hydrogens (tertiary/aromatic N) is 1. The van der Waals surface area contributed by atoms with Crippen LogP contribution in [-0.2, 0) is 0 Å². The lowest BCUT2D eigenvalue weighted by atomic mass is 10.3. The van der Waals surface area contributed by atoms with Crippen LogP contribution in [0.15, 0.2) is 16.7 Å². The van der Waals surface area contributed by atoms with Crippen molar-refractivity contribution in [3.05, 3.63) is 28.5 Å². The minimum absolute atomic E-state index is 0.896. The lowest BCUT2D eigenvalue weighted by Gasteiger charge is -1.72. The van der Waals surface area contributed by atoms with Crippen LogP contribution in [0, 0.1) is 6.92 Å². The molecule has 0 bridgehead atoms. The van der Waals surface area contributed by atoms with Crippen molar-refractivity contribution in [2.75, 3.05) is 0 Å². The summed E-state index contributed by atoms with van der Waals surface area (Å²) in [7, 11) is 0. The van der Waals surface area contributed by atoms with E-state index in [9.17, 15) is 0 Å². The highest BCUT2D eigenvalue weighted by molar-refractivity contribution is 5.42. The van der Waals surface area contributed by atoms with E-state index in [1.54, 1.807) is 0 Å². The second kappa shape index (κ2) is 4.65. The van der Waals surface area contributed by atoms with Gasteiger partial charge in [0.25, 0.3) is 0 Å². The molecule has 0 amide bonds. The molecule has 0 aliphatic heterocycles. The molecule has 2 nitrogen and oxygen atoms in total. The van der Waals surface area contributed by atoms with E-state index >= 15 is 0 Å². The highest BCUT2D eigenvalue weighted by Crippen LogP contribution is 1.89. The van der Waals surface area contributed by atoms with Crippen molar-refractivity contribution >= 4 is 12.2 Å². The Hall–Kier alpha value is -1.31. The fourth-order valence-electron chi connectivity index (χ4n) is 1.16. The Labute approximate surface area is 78.2 Å². The van der Waals surface area contributed by atoms with Gasteiger partial charge in [0.15, 0.2) is 5.42 Å². The van der Waals surface area contributed by atoms with Crippen molar-refractivity contribution in [2.45, 2.75) is 27.2 Å². The summed E-state index contributed by atoms with van der Waals surface area (Å²) in [5, 5.41) is 4.98. The zero-order chi connectivity index (χ0) is 9.68. The first-order valence-corrected chi connectivity index (χ1v) is 4.67. The van der Waals surface area contributed by atoms with Gasteiger partial charge in [-0.3, -0.25) is 0 Å². The van der Waals surface area contributed by atoms with Gasteiger partial charge in [-0.25, -0.2) is 0 Å². The molecule has 1 aromatic rings. The molecule has 70 valence electrons. The molecule has 2 rings (SSSR count). The summed E-state index contributed by atoms with van der Waals surface area (Å²) in [5.41, 5.74) is 1.86. The molecule has 0 atom stereocenters. The maximum Gasteiger partial charge on any atom is 0.163 e. The van der Waals surface area contributed by atoms with E-state index in [0.717, 1.165) is 22.7 Å². The van der Waals surface area contributed by atoms with Crippen LogP contribution in [-0.4, -0.2) is 5.16 Å². The molecule has 0 unspecified atom stereocenters. The fourth-order valence-corrected chi connectivity index (χ4v) is 1.16. The SMILES string of the molecule is CC.Cc1noc2c1=CC=CCC=2. The molecule has 1 aromatic heterocycles. The standard InChI is InChI=1S/C9H9NO.C2H6/c1-7-8-5-3-2-4-6-9(8)11-10-7;1-2/h2-3,5-6H,4H2,1H3;1-2H3. The lowest BCUT2D eigenvalue weighted by Crippen LogP contribution is -2.20. The molecule has 2 heteroatoms. The summed E-state index contributed by atoms with van der Waals surface area (Å²) in [6.45, 7) is 5.95. The van der Waals surface area contributed by atoms with Gasteiger partial charge in [-0.2, -0.15) is 0 Å². The van der Waals surface area contributed by atoms with E-state index in [4.69, 9.17) is 4.52 Å². The zero-order valence-electron chi connectivity index (χ0n) is 8.37. The molecule has 0 N–H and O–H groups in total. The molecule has 0 saturated carbocycles. The van der Waals surface area contributed by atoms with E-state index in [-0.39, 0.29) is 0 Å². The van der Waals surface area contributed by atoms with E-state index in [1.807, 2.05) is 39.0 Å². The van der Waals surface area contributed by atoms with Crippen LogP contribution in [0.1, 0.15) is 26.0 Å². The van der Waals surface area contributed by atoms with Crippen LogP contribution in [0.5, 0.6) is 0 Å². The number of rotatable bonds is 0. The number of allylic oxidation sites excluding steroid dienone is 2. The number of hydrogen-bond acceptors (Lipinski definition) is 2. The van der Waals surface area contributed by atoms with Crippen LogP contribution < -0.4 is 10.6 Å². The van der Waals surface area contributed by atoms with Crippen LogP contribution in [0.4, 0.5) is 0 Å². The third-order valence-corrected chi connectivity index (χ3v) is 1.77. The Kier molecular flexibility index (Phi) is 3.50. The van der Waals surface area contributed by atoms with Crippen molar-refractivity contribution in [1.82, 2.24) is 5.16 Å². The molecule has 1 aliphatic rings. The van der Waals surface area contributed by atoms with Gasteiger partial charge in [-0.05, 0) is 25.5 Å². The Morgan fingerprint density at radius 1 is 1.38 bits per heavy atom. The smallest absolute Gasteiger partial charge is 0.163 e. The average Bonchev–Trinajstić information content (AvgIpc) is 2.44. The first kappa shape index (κ1) is 9.78. The summed E-state index contributed by atoms with van der Waals surface area (Å²) in [5.74, 6) is 0.